The molecule has 5 heterocycles. The molecule has 9 N–H and O–H groups in total. The van der Waals surface area contributed by atoms with E-state index in [1.807, 2.05) is 29.5 Å². The van der Waals surface area contributed by atoms with Gasteiger partial charge in [-0.3, -0.25) is 29.3 Å². The molecule has 1 unspecified atom stereocenters. The van der Waals surface area contributed by atoms with Gasteiger partial charge >= 0.3 is 12.0 Å². The monoisotopic (exact) mass is 1460 g/mol. The van der Waals surface area contributed by atoms with Crippen molar-refractivity contribution in [2.75, 3.05) is 54.5 Å². The van der Waals surface area contributed by atoms with Crippen molar-refractivity contribution >= 4 is 84.7 Å². The topological polar surface area (TPSA) is 355 Å². The molecule has 5 aliphatic heterocycles. The molecule has 31 heteroatoms. The number of amides is 3. The molecule has 92 heavy (non-hydrogen) atoms. The molecule has 0 spiro atoms. The minimum atomic E-state index is -2.16. The first-order valence-corrected chi connectivity index (χ1v) is 34.0. The number of allylic oxidation sites excluding steroid dienone is 2. The molecular formula is C61H81IN4O23S3. The fourth-order valence-corrected chi connectivity index (χ4v) is 16.0. The highest BCUT2D eigenvalue weighted by molar-refractivity contribution is 14.1. The molecule has 0 radical (unpaired) electrons. The van der Waals surface area contributed by atoms with E-state index in [1.54, 1.807) is 54.7 Å². The zero-order chi connectivity index (χ0) is 67.1. The summed E-state index contributed by atoms with van der Waals surface area (Å²) in [6.07, 6.45) is -14.1. The van der Waals surface area contributed by atoms with Crippen LogP contribution in [0.5, 0.6) is 17.2 Å². The molecule has 27 nitrogen and oxygen atoms in total. The lowest BCUT2D eigenvalue weighted by atomic mass is 9.72. The van der Waals surface area contributed by atoms with Crippen molar-refractivity contribution < 1.29 is 111 Å². The van der Waals surface area contributed by atoms with E-state index in [0.29, 0.717) is 15.7 Å². The van der Waals surface area contributed by atoms with Gasteiger partial charge in [-0.15, -0.1) is 0 Å². The summed E-state index contributed by atoms with van der Waals surface area (Å²) in [6, 6.07) is -2.81. The summed E-state index contributed by atoms with van der Waals surface area (Å²) >= 11 is 2.80. The third-order valence-corrected chi connectivity index (χ3v) is 22.5. The lowest BCUT2D eigenvalue weighted by Crippen LogP contribution is -2.65. The average Bonchev–Trinajstić information content (AvgIpc) is 0.893. The summed E-state index contributed by atoms with van der Waals surface area (Å²) in [5, 5.41) is 65.5. The van der Waals surface area contributed by atoms with Crippen molar-refractivity contribution in [1.82, 2.24) is 21.4 Å². The second-order valence-corrected chi connectivity index (χ2v) is 28.4. The SMILES string of the molecule is CCN[C@H]1CO[C@@H](O[C@H]2[C@H](O[C@H]3C#C/C=C\C#C[C@]4(O)CC(=O)C(CC(=O)OC)=C3/C4=C\CSSC(C)(C)C3NC(=O)NC3=O)O[C@H](C)[C@@H](NO[C@H]3C[C@H](O)[C@H](SC(=O)c4c(C)c(I)c(O[C@@H]5O[C@@H](C)[C@H](O)[C@@H](OC)[C@H]5O)c(OC)c4OC)[C@@H](C)O3)[C@H]2O)C[C@@H]1OC. The number of imide groups is 1. The number of aliphatic hydroxyl groups is 5. The van der Waals surface area contributed by atoms with Crippen molar-refractivity contribution in [3.8, 4) is 40.9 Å². The number of thioether (sulfide) groups is 1. The minimum absolute atomic E-state index is 0.00851. The number of benzene rings is 1. The Morgan fingerprint density at radius 2 is 1.60 bits per heavy atom. The van der Waals surface area contributed by atoms with Gasteiger partial charge in [0.1, 0.15) is 42.7 Å². The quantitative estimate of drug-likeness (QED) is 0.0136. The fourth-order valence-electron chi connectivity index (χ4n) is 11.8. The van der Waals surface area contributed by atoms with Crippen molar-refractivity contribution in [3.05, 3.63) is 49.6 Å². The van der Waals surface area contributed by atoms with Crippen LogP contribution in [-0.4, -0.2) is 235 Å². The number of hydrogen-bond acceptors (Lipinski definition) is 28. The number of nitrogens with one attached hydrogen (secondary N) is 4. The number of ether oxygens (including phenoxy) is 12. The predicted octanol–water partition coefficient (Wildman–Crippen LogP) is 2.16. The lowest BCUT2D eigenvalue weighted by Gasteiger charge is -2.46. The van der Waals surface area contributed by atoms with E-state index in [-0.39, 0.29) is 70.8 Å². The van der Waals surface area contributed by atoms with E-state index in [2.05, 4.69) is 45.1 Å². The first kappa shape index (κ1) is 73.7. The van der Waals surface area contributed by atoms with E-state index in [0.717, 1.165) is 11.8 Å². The van der Waals surface area contributed by atoms with E-state index >= 15 is 0 Å². The molecular weight excluding hydrogens is 1380 g/mol. The molecule has 5 saturated heterocycles. The largest absolute Gasteiger partial charge is 0.492 e. The fraction of sp³-hybridized carbons (Fsp3) is 0.656. The number of fused-ring (bicyclic) bond motifs is 2. The number of carbonyl (C=O) groups is 5. The molecule has 20 atom stereocenters. The second-order valence-electron chi connectivity index (χ2n) is 23.2. The van der Waals surface area contributed by atoms with Crippen LogP contribution in [0.3, 0.4) is 0 Å². The number of rotatable bonds is 24. The van der Waals surface area contributed by atoms with Crippen LogP contribution in [0, 0.1) is 34.2 Å². The standard InChI is InChI=1S/C61H81IN4O23S3/c1-13-63-33-26-82-39(24-37(33)77-8)87-51-46(71)44(66-89-40-23-34(67)53(30(5)83-40)91-56(74)41-27(2)43(62)49(52(81-12)48(41)79-10)88-57-47(72)50(80-11)45(70)29(4)85-57)28(3)84-58(51)86-36-18-16-14-15-17-20-61(76)25-35(68)31(22-38(69)78-9)42(36)32(61)19-21-90-92-60(6,7)54-55(73)65-59(75)64-54/h14-15,19,28-30,33-34,36-37,39-40,44-47,50-51,53-54,57-58,63,66-67,70-72,76H,13,21-26H2,1-12H3,(H2,64,65,73,75)/b15-14-,32-19+/t28-,29+,30-,33+,34+,36+,37+,39+,40+,44-,45+,46-,47-,50-,51-,53-,54?,57+,58+,61+/m1/s1. The maximum absolute atomic E-state index is 14.5. The molecule has 1 aromatic carbocycles. The van der Waals surface area contributed by atoms with Crippen LogP contribution < -0.4 is 35.6 Å². The van der Waals surface area contributed by atoms with Gasteiger partial charge in [-0.2, -0.15) is 5.48 Å². The molecule has 0 aromatic heterocycles. The van der Waals surface area contributed by atoms with Gasteiger partial charge < -0.3 is 93.0 Å². The first-order valence-electron chi connectivity index (χ1n) is 29.7. The Morgan fingerprint density at radius 1 is 0.880 bits per heavy atom. The van der Waals surface area contributed by atoms with Gasteiger partial charge in [0.2, 0.25) is 17.2 Å². The van der Waals surface area contributed by atoms with Gasteiger partial charge in [0.05, 0.1) is 103 Å². The molecule has 7 aliphatic rings. The number of likely N-dealkylation sites (N-methyl/N-ethyl adjacent to an activating group) is 1. The molecule has 3 amide bonds. The smallest absolute Gasteiger partial charge is 0.322 e. The van der Waals surface area contributed by atoms with Gasteiger partial charge in [-0.1, -0.05) is 70.0 Å². The Labute approximate surface area is 559 Å². The Hall–Kier alpha value is -4.15. The third kappa shape index (κ3) is 16.4. The Bertz CT molecular complexity index is 3110. The van der Waals surface area contributed by atoms with E-state index in [1.165, 1.54) is 62.2 Å². The summed E-state index contributed by atoms with van der Waals surface area (Å²) < 4.78 is 72.1. The van der Waals surface area contributed by atoms with Crippen LogP contribution >= 0.6 is 55.9 Å². The maximum Gasteiger partial charge on any atom is 0.322 e. The normalized spacial score (nSPS) is 35.6. The summed E-state index contributed by atoms with van der Waals surface area (Å²) in [6.45, 7) is 12.9. The van der Waals surface area contributed by atoms with Gasteiger partial charge in [0.25, 0.3) is 5.91 Å². The van der Waals surface area contributed by atoms with Gasteiger partial charge in [-0.05, 0) is 88.4 Å². The zero-order valence-corrected chi connectivity index (χ0v) is 57.4. The molecule has 0 saturated carbocycles. The van der Waals surface area contributed by atoms with Crippen molar-refractivity contribution in [3.63, 3.8) is 0 Å². The van der Waals surface area contributed by atoms with E-state index < -0.39 is 162 Å². The number of hydrogen-bond donors (Lipinski definition) is 9. The van der Waals surface area contributed by atoms with Crippen LogP contribution in [0.4, 0.5) is 4.79 Å². The van der Waals surface area contributed by atoms with Gasteiger partial charge in [-0.25, -0.2) is 4.79 Å². The van der Waals surface area contributed by atoms with Crippen molar-refractivity contribution in [2.24, 2.45) is 0 Å². The molecule has 8 rings (SSSR count). The number of urea groups is 1. The Kier molecular flexibility index (Phi) is 25.8. The number of hydroxylamine groups is 1. The number of Topliss-reactive ketones (excluding diaryl/α,β-unsaturated/α-hetero) is 1. The number of carbonyl (C=O) groups excluding carboxylic acids is 5. The predicted molar refractivity (Wildman–Crippen MR) is 342 cm³/mol. The number of methoxy groups -OCH3 is 5. The summed E-state index contributed by atoms with van der Waals surface area (Å²) in [7, 11) is 9.35. The minimum Gasteiger partial charge on any atom is -0.492 e. The summed E-state index contributed by atoms with van der Waals surface area (Å²) in [4.78, 5) is 72.9. The lowest BCUT2D eigenvalue weighted by molar-refractivity contribution is -0.336. The number of esters is 1. The van der Waals surface area contributed by atoms with Gasteiger partial charge in [0, 0.05) is 49.5 Å². The highest BCUT2D eigenvalue weighted by Crippen LogP contribution is 2.49. The molecule has 2 aliphatic carbocycles. The number of halogens is 1. The van der Waals surface area contributed by atoms with Crippen molar-refractivity contribution in [2.45, 2.75) is 200 Å². The number of ketones is 1. The highest BCUT2D eigenvalue weighted by Gasteiger charge is 2.52. The van der Waals surface area contributed by atoms with Crippen LogP contribution in [-0.2, 0) is 61.9 Å². The van der Waals surface area contributed by atoms with E-state index in [4.69, 9.17) is 61.7 Å². The second kappa shape index (κ2) is 32.3. The van der Waals surface area contributed by atoms with Crippen molar-refractivity contribution in [1.29, 1.82) is 0 Å². The van der Waals surface area contributed by atoms with Crippen LogP contribution in [0.2, 0.25) is 0 Å². The van der Waals surface area contributed by atoms with Gasteiger partial charge in [0.15, 0.2) is 41.8 Å². The number of aliphatic hydroxyl groups excluding tert-OH is 4. The molecule has 2 bridgehead atoms. The Balaban J connectivity index is 1.03. The zero-order valence-electron chi connectivity index (χ0n) is 52.8. The molecule has 1 aromatic rings. The third-order valence-electron chi connectivity index (χ3n) is 16.6. The molecule has 508 valence electrons. The summed E-state index contributed by atoms with van der Waals surface area (Å²) in [5.41, 5.74) is 1.27. The van der Waals surface area contributed by atoms with E-state index in [9.17, 15) is 49.5 Å². The summed E-state index contributed by atoms with van der Waals surface area (Å²) in [5.74, 6) is 9.86. The average molecular weight is 1460 g/mol. The molecule has 5 fully saturated rings. The van der Waals surface area contributed by atoms with Crippen LogP contribution in [0.15, 0.2) is 34.9 Å². The Morgan fingerprint density at radius 3 is 2.25 bits per heavy atom. The maximum atomic E-state index is 14.5. The highest BCUT2D eigenvalue weighted by atomic mass is 127. The first-order chi connectivity index (χ1) is 43.7. The van der Waals surface area contributed by atoms with Crippen LogP contribution in [0.25, 0.3) is 0 Å². The van der Waals surface area contributed by atoms with Crippen LogP contribution in [0.1, 0.15) is 83.1 Å².